The van der Waals surface area contributed by atoms with Crippen LogP contribution >= 0.6 is 47.8 Å². The SMILES string of the molecule is C[Si]1(C)CCC(C(Br)(Br)Br)O[Si]1(C)C. The lowest BCUT2D eigenvalue weighted by Gasteiger charge is -2.47. The highest BCUT2D eigenvalue weighted by Crippen LogP contribution is 2.46. The van der Waals surface area contributed by atoms with Crippen LogP contribution in [0.25, 0.3) is 0 Å². The highest BCUT2D eigenvalue weighted by atomic mass is 80.0. The van der Waals surface area contributed by atoms with E-state index >= 15 is 0 Å². The predicted molar refractivity (Wildman–Crippen MR) is 78.8 cm³/mol. The van der Waals surface area contributed by atoms with Crippen LogP contribution in [0.15, 0.2) is 0 Å². The Bertz CT molecular complexity index is 225. The first kappa shape index (κ1) is 13.9. The zero-order chi connectivity index (χ0) is 11.2. The van der Waals surface area contributed by atoms with E-state index in [1.54, 1.807) is 0 Å². The van der Waals surface area contributed by atoms with E-state index in [1.807, 2.05) is 0 Å². The summed E-state index contributed by atoms with van der Waals surface area (Å²) in [4.78, 5) is 0. The van der Waals surface area contributed by atoms with Gasteiger partial charge in [-0.1, -0.05) is 66.9 Å². The van der Waals surface area contributed by atoms with Crippen molar-refractivity contribution in [1.82, 2.24) is 0 Å². The first-order valence-electron chi connectivity index (χ1n) is 4.81. The van der Waals surface area contributed by atoms with Crippen molar-refractivity contribution in [3.05, 3.63) is 0 Å². The molecule has 14 heavy (non-hydrogen) atoms. The third-order valence-electron chi connectivity index (χ3n) is 3.46. The van der Waals surface area contributed by atoms with E-state index in [9.17, 15) is 0 Å². The molecule has 1 aliphatic heterocycles. The number of hydrogen-bond acceptors (Lipinski definition) is 1. The van der Waals surface area contributed by atoms with Crippen LogP contribution in [0.3, 0.4) is 0 Å². The Balaban J connectivity index is 2.78. The molecule has 0 aromatic rings. The fourth-order valence-electron chi connectivity index (χ4n) is 1.60. The zero-order valence-corrected chi connectivity index (χ0v) is 15.8. The van der Waals surface area contributed by atoms with Crippen LogP contribution in [-0.2, 0) is 4.43 Å². The Morgan fingerprint density at radius 1 is 1.14 bits per heavy atom. The average Bonchev–Trinajstić information content (AvgIpc) is 1.92. The minimum Gasteiger partial charge on any atom is -0.414 e. The Kier molecular flexibility index (Phi) is 4.22. The molecular weight excluding hydrogens is 408 g/mol. The molecule has 0 radical (unpaired) electrons. The third kappa shape index (κ3) is 2.94. The maximum absolute atomic E-state index is 6.31. The van der Waals surface area contributed by atoms with Gasteiger partial charge in [0, 0.05) is 0 Å². The van der Waals surface area contributed by atoms with Crippen molar-refractivity contribution in [3.63, 3.8) is 0 Å². The van der Waals surface area contributed by atoms with Gasteiger partial charge in [0.1, 0.15) is 0 Å². The topological polar surface area (TPSA) is 9.23 Å². The monoisotopic (exact) mass is 422 g/mol. The van der Waals surface area contributed by atoms with Gasteiger partial charge < -0.3 is 4.43 Å². The molecule has 1 nitrogen and oxygen atoms in total. The van der Waals surface area contributed by atoms with Crippen LogP contribution in [-0.4, -0.2) is 23.7 Å². The molecule has 0 amide bonds. The normalized spacial score (nSPS) is 31.5. The Morgan fingerprint density at radius 3 is 2.00 bits per heavy atom. The molecule has 0 spiro atoms. The smallest absolute Gasteiger partial charge is 0.174 e. The molecule has 0 aromatic heterocycles. The van der Waals surface area contributed by atoms with Gasteiger partial charge in [-0.3, -0.25) is 0 Å². The van der Waals surface area contributed by atoms with Crippen molar-refractivity contribution in [2.45, 2.75) is 46.9 Å². The van der Waals surface area contributed by atoms with Crippen molar-refractivity contribution in [2.24, 2.45) is 0 Å². The zero-order valence-electron chi connectivity index (χ0n) is 9.03. The van der Waals surface area contributed by atoms with Gasteiger partial charge in [0.25, 0.3) is 0 Å². The molecule has 1 fully saturated rings. The van der Waals surface area contributed by atoms with E-state index in [0.29, 0.717) is 0 Å². The molecule has 0 aliphatic carbocycles. The van der Waals surface area contributed by atoms with E-state index < -0.39 is 15.4 Å². The van der Waals surface area contributed by atoms with Gasteiger partial charge in [-0.05, 0) is 19.5 Å². The van der Waals surface area contributed by atoms with Gasteiger partial charge in [-0.25, -0.2) is 0 Å². The largest absolute Gasteiger partial charge is 0.414 e. The predicted octanol–water partition coefficient (Wildman–Crippen LogP) is 4.61. The first-order chi connectivity index (χ1) is 6.06. The van der Waals surface area contributed by atoms with Crippen molar-refractivity contribution in [3.8, 4) is 0 Å². The second kappa shape index (κ2) is 4.25. The summed E-state index contributed by atoms with van der Waals surface area (Å²) in [5.74, 6) is 0. The molecule has 1 heterocycles. The van der Waals surface area contributed by atoms with Gasteiger partial charge in [0.2, 0.25) is 0 Å². The van der Waals surface area contributed by atoms with Gasteiger partial charge in [-0.2, -0.15) is 0 Å². The van der Waals surface area contributed by atoms with Gasteiger partial charge in [-0.15, -0.1) is 0 Å². The molecule has 0 saturated carbocycles. The molecule has 1 atom stereocenters. The van der Waals surface area contributed by atoms with Gasteiger partial charge in [0.15, 0.2) is 9.98 Å². The number of alkyl halides is 3. The molecule has 84 valence electrons. The number of hydrogen-bond donors (Lipinski definition) is 0. The fourth-order valence-corrected chi connectivity index (χ4v) is 9.62. The van der Waals surface area contributed by atoms with Crippen LogP contribution in [0.1, 0.15) is 6.42 Å². The van der Waals surface area contributed by atoms with Crippen molar-refractivity contribution in [2.75, 3.05) is 0 Å². The maximum Gasteiger partial charge on any atom is 0.174 e. The summed E-state index contributed by atoms with van der Waals surface area (Å²) < 4.78 is 6.08. The fraction of sp³-hybridized carbons (Fsp3) is 1.00. The van der Waals surface area contributed by atoms with Crippen molar-refractivity contribution >= 4 is 63.2 Å². The molecule has 1 rings (SSSR count). The van der Waals surface area contributed by atoms with E-state index in [4.69, 9.17) is 4.43 Å². The van der Waals surface area contributed by atoms with Crippen LogP contribution in [0, 0.1) is 0 Å². The lowest BCUT2D eigenvalue weighted by Crippen LogP contribution is -2.63. The Hall–Kier alpha value is 1.83. The second-order valence-corrected chi connectivity index (χ2v) is 27.2. The molecule has 1 unspecified atom stereocenters. The minimum absolute atomic E-state index is 0.234. The molecule has 0 N–H and O–H groups in total. The van der Waals surface area contributed by atoms with Crippen molar-refractivity contribution < 1.29 is 4.43 Å². The number of halogens is 3. The van der Waals surface area contributed by atoms with E-state index in [2.05, 4.69) is 74.0 Å². The molecule has 0 bridgehead atoms. The Labute approximate surface area is 114 Å². The third-order valence-corrected chi connectivity index (χ3v) is 21.6. The quantitative estimate of drug-likeness (QED) is 0.407. The van der Waals surface area contributed by atoms with Gasteiger partial charge >= 0.3 is 0 Å². The first-order valence-corrected chi connectivity index (χ1v) is 14.3. The highest BCUT2D eigenvalue weighted by Gasteiger charge is 2.51. The molecule has 1 aliphatic rings. The average molecular weight is 425 g/mol. The summed E-state index contributed by atoms with van der Waals surface area (Å²) in [5, 5.41) is 0. The second-order valence-electron chi connectivity index (χ2n) is 5.08. The number of rotatable bonds is 0. The molecule has 0 aromatic carbocycles. The van der Waals surface area contributed by atoms with E-state index in [-0.39, 0.29) is 8.25 Å². The summed E-state index contributed by atoms with van der Waals surface area (Å²) in [7, 11) is -2.53. The van der Waals surface area contributed by atoms with Crippen LogP contribution in [0.5, 0.6) is 0 Å². The maximum atomic E-state index is 6.31. The van der Waals surface area contributed by atoms with Crippen molar-refractivity contribution in [1.29, 1.82) is 0 Å². The lowest BCUT2D eigenvalue weighted by molar-refractivity contribution is 0.200. The molecule has 6 heteroatoms. The van der Waals surface area contributed by atoms with E-state index in [1.165, 1.54) is 6.04 Å². The Morgan fingerprint density at radius 2 is 1.64 bits per heavy atom. The molecule has 1 saturated heterocycles. The summed E-state index contributed by atoms with van der Waals surface area (Å²) in [5.41, 5.74) is 0. The summed E-state index contributed by atoms with van der Waals surface area (Å²) in [6, 6.07) is 1.38. The van der Waals surface area contributed by atoms with Crippen LogP contribution in [0.2, 0.25) is 32.2 Å². The lowest BCUT2D eigenvalue weighted by atomic mass is 10.3. The summed E-state index contributed by atoms with van der Waals surface area (Å²) >= 11 is 10.7. The summed E-state index contributed by atoms with van der Waals surface area (Å²) in [6.07, 6.45) is 1.40. The van der Waals surface area contributed by atoms with Crippen LogP contribution in [0.4, 0.5) is 0 Å². The highest BCUT2D eigenvalue weighted by molar-refractivity contribution is 9.39. The van der Waals surface area contributed by atoms with Crippen LogP contribution < -0.4 is 0 Å². The van der Waals surface area contributed by atoms with Gasteiger partial charge in [0.05, 0.1) is 13.7 Å². The van der Waals surface area contributed by atoms with E-state index in [0.717, 1.165) is 6.42 Å². The standard InChI is InChI=1S/C8H17Br3OSi2/c1-13(2)6-5-7(8(9,10)11)12-14(13,3)4/h7H,5-6H2,1-4H3. The summed E-state index contributed by atoms with van der Waals surface area (Å²) in [6.45, 7) is 9.66. The minimum atomic E-state index is -1.44. The molecular formula is C8H17Br3OSi2.